The fraction of sp³-hybridized carbons (Fsp3) is 0.900. The van der Waals surface area contributed by atoms with Gasteiger partial charge >= 0.3 is 0 Å². The monoisotopic (exact) mass is 328 g/mol. The van der Waals surface area contributed by atoms with Crippen LogP contribution in [0.15, 0.2) is 4.99 Å². The lowest BCUT2D eigenvalue weighted by atomic mass is 10.2. The average molecular weight is 328 g/mol. The first kappa shape index (κ1) is 17.4. The summed E-state index contributed by atoms with van der Waals surface area (Å²) in [6.07, 6.45) is 0. The molecule has 0 aromatic rings. The van der Waals surface area contributed by atoms with Crippen LogP contribution in [0.4, 0.5) is 0 Å². The van der Waals surface area contributed by atoms with Crippen LogP contribution in [0.5, 0.6) is 0 Å². The highest BCUT2D eigenvalue weighted by atomic mass is 127. The third-order valence-corrected chi connectivity index (χ3v) is 2.24. The predicted octanol–water partition coefficient (Wildman–Crippen LogP) is 1.26. The van der Waals surface area contributed by atoms with Crippen LogP contribution < -0.4 is 11.1 Å². The van der Waals surface area contributed by atoms with Crippen molar-refractivity contribution in [3.63, 3.8) is 0 Å². The molecular formula is C10H25IN4. The van der Waals surface area contributed by atoms with Crippen LogP contribution in [-0.2, 0) is 0 Å². The summed E-state index contributed by atoms with van der Waals surface area (Å²) in [7, 11) is 1.69. The molecule has 0 saturated heterocycles. The Morgan fingerprint density at radius 3 is 2.07 bits per heavy atom. The minimum atomic E-state index is 0. The number of rotatable bonds is 5. The summed E-state index contributed by atoms with van der Waals surface area (Å²) in [5.41, 5.74) is 5.53. The minimum Gasteiger partial charge on any atom is -0.370 e. The number of halogens is 1. The van der Waals surface area contributed by atoms with Crippen LogP contribution in [0, 0.1) is 0 Å². The van der Waals surface area contributed by atoms with Gasteiger partial charge in [-0.3, -0.25) is 9.89 Å². The van der Waals surface area contributed by atoms with E-state index in [1.165, 1.54) is 0 Å². The summed E-state index contributed by atoms with van der Waals surface area (Å²) in [5, 5.41) is 3.06. The van der Waals surface area contributed by atoms with E-state index in [9.17, 15) is 0 Å². The molecule has 3 N–H and O–H groups in total. The first-order valence-electron chi connectivity index (χ1n) is 5.21. The molecule has 0 rings (SSSR count). The summed E-state index contributed by atoms with van der Waals surface area (Å²) < 4.78 is 0. The average Bonchev–Trinajstić information content (AvgIpc) is 2.10. The van der Waals surface area contributed by atoms with Gasteiger partial charge in [0.05, 0.1) is 0 Å². The van der Waals surface area contributed by atoms with Crippen molar-refractivity contribution < 1.29 is 0 Å². The number of guanidine groups is 1. The molecule has 0 heterocycles. The predicted molar refractivity (Wildman–Crippen MR) is 77.9 cm³/mol. The molecule has 0 saturated carbocycles. The Morgan fingerprint density at radius 2 is 1.73 bits per heavy atom. The molecule has 0 aromatic carbocycles. The van der Waals surface area contributed by atoms with Crippen molar-refractivity contribution in [3.8, 4) is 0 Å². The maximum atomic E-state index is 5.53. The van der Waals surface area contributed by atoms with Gasteiger partial charge in [-0.2, -0.15) is 0 Å². The van der Waals surface area contributed by atoms with Gasteiger partial charge < -0.3 is 11.1 Å². The van der Waals surface area contributed by atoms with Crippen molar-refractivity contribution >= 4 is 29.9 Å². The second-order valence-electron chi connectivity index (χ2n) is 3.96. The summed E-state index contributed by atoms with van der Waals surface area (Å²) >= 11 is 0. The van der Waals surface area contributed by atoms with Crippen molar-refractivity contribution in [2.75, 3.05) is 20.1 Å². The van der Waals surface area contributed by atoms with E-state index in [-0.39, 0.29) is 24.0 Å². The molecule has 0 spiro atoms. The Balaban J connectivity index is 0. The van der Waals surface area contributed by atoms with E-state index < -0.39 is 0 Å². The molecule has 4 nitrogen and oxygen atoms in total. The Bertz CT molecular complexity index is 172. The molecule has 0 aliphatic rings. The standard InChI is InChI=1S/C10H24N4.HI/c1-8(2)14(9(3)4)7-6-13-10(11)12-5;/h8-9H,6-7H2,1-5H3,(H3,11,12,13);1H. The van der Waals surface area contributed by atoms with Gasteiger partial charge in [0.1, 0.15) is 0 Å². The zero-order valence-corrected chi connectivity index (χ0v) is 12.8. The number of nitrogens with two attached hydrogens (primary N) is 1. The Morgan fingerprint density at radius 1 is 1.27 bits per heavy atom. The van der Waals surface area contributed by atoms with Gasteiger partial charge in [0, 0.05) is 32.2 Å². The smallest absolute Gasteiger partial charge is 0.188 e. The molecule has 0 fully saturated rings. The van der Waals surface area contributed by atoms with Crippen LogP contribution in [0.25, 0.3) is 0 Å². The first-order valence-corrected chi connectivity index (χ1v) is 5.21. The summed E-state index contributed by atoms with van der Waals surface area (Å²) in [6, 6.07) is 1.13. The Labute approximate surface area is 111 Å². The van der Waals surface area contributed by atoms with Crippen LogP contribution >= 0.6 is 24.0 Å². The number of aliphatic imine (C=N–C) groups is 1. The zero-order valence-electron chi connectivity index (χ0n) is 10.4. The first-order chi connectivity index (χ1) is 6.49. The molecule has 0 atom stereocenters. The molecule has 5 heteroatoms. The maximum absolute atomic E-state index is 5.53. The molecule has 0 amide bonds. The molecule has 92 valence electrons. The lowest BCUT2D eigenvalue weighted by Crippen LogP contribution is -2.43. The van der Waals surface area contributed by atoms with Crippen LogP contribution in [0.3, 0.4) is 0 Å². The quantitative estimate of drug-likeness (QED) is 0.454. The van der Waals surface area contributed by atoms with Gasteiger partial charge in [-0.15, -0.1) is 24.0 Å². The Hall–Kier alpha value is -0.0400. The van der Waals surface area contributed by atoms with E-state index in [0.717, 1.165) is 13.1 Å². The molecule has 0 aliphatic carbocycles. The fourth-order valence-electron chi connectivity index (χ4n) is 1.50. The summed E-state index contributed by atoms with van der Waals surface area (Å²) in [5.74, 6) is 0.512. The largest absolute Gasteiger partial charge is 0.370 e. The Kier molecular flexibility index (Phi) is 10.7. The highest BCUT2D eigenvalue weighted by molar-refractivity contribution is 14.0. The SMILES string of the molecule is CN=C(N)NCCN(C(C)C)C(C)C.I. The molecule has 0 aromatic heterocycles. The van der Waals surface area contributed by atoms with Crippen LogP contribution in [0.2, 0.25) is 0 Å². The second kappa shape index (κ2) is 9.21. The molecular weight excluding hydrogens is 303 g/mol. The summed E-state index contributed by atoms with van der Waals surface area (Å²) in [6.45, 7) is 10.7. The third-order valence-electron chi connectivity index (χ3n) is 2.24. The highest BCUT2D eigenvalue weighted by Gasteiger charge is 2.11. The van der Waals surface area contributed by atoms with Crippen LogP contribution in [-0.4, -0.2) is 43.1 Å². The number of nitrogens with one attached hydrogen (secondary N) is 1. The van der Waals surface area contributed by atoms with Crippen molar-refractivity contribution in [2.24, 2.45) is 10.7 Å². The molecule has 0 radical (unpaired) electrons. The second-order valence-corrected chi connectivity index (χ2v) is 3.96. The van der Waals surface area contributed by atoms with E-state index in [2.05, 4.69) is 42.9 Å². The zero-order chi connectivity index (χ0) is 11.1. The molecule has 0 unspecified atom stereocenters. The van der Waals surface area contributed by atoms with Gasteiger partial charge in [-0.05, 0) is 27.7 Å². The van der Waals surface area contributed by atoms with E-state index in [1.807, 2.05) is 0 Å². The van der Waals surface area contributed by atoms with Gasteiger partial charge in [0.2, 0.25) is 0 Å². The topological polar surface area (TPSA) is 53.6 Å². The fourth-order valence-corrected chi connectivity index (χ4v) is 1.50. The van der Waals surface area contributed by atoms with E-state index in [1.54, 1.807) is 7.05 Å². The van der Waals surface area contributed by atoms with E-state index >= 15 is 0 Å². The van der Waals surface area contributed by atoms with Gasteiger partial charge in [0.15, 0.2) is 5.96 Å². The van der Waals surface area contributed by atoms with Gasteiger partial charge in [-0.1, -0.05) is 0 Å². The van der Waals surface area contributed by atoms with Crippen molar-refractivity contribution in [1.29, 1.82) is 0 Å². The van der Waals surface area contributed by atoms with E-state index in [4.69, 9.17) is 5.73 Å². The van der Waals surface area contributed by atoms with Crippen LogP contribution in [0.1, 0.15) is 27.7 Å². The third kappa shape index (κ3) is 7.84. The van der Waals surface area contributed by atoms with Crippen molar-refractivity contribution in [2.45, 2.75) is 39.8 Å². The number of hydrogen-bond donors (Lipinski definition) is 2. The molecule has 0 bridgehead atoms. The lowest BCUT2D eigenvalue weighted by Gasteiger charge is -2.30. The lowest BCUT2D eigenvalue weighted by molar-refractivity contribution is 0.178. The van der Waals surface area contributed by atoms with Crippen molar-refractivity contribution in [1.82, 2.24) is 10.2 Å². The molecule has 15 heavy (non-hydrogen) atoms. The normalized spacial score (nSPS) is 12.1. The van der Waals surface area contributed by atoms with Crippen molar-refractivity contribution in [3.05, 3.63) is 0 Å². The highest BCUT2D eigenvalue weighted by Crippen LogP contribution is 2.02. The number of hydrogen-bond acceptors (Lipinski definition) is 2. The minimum absolute atomic E-state index is 0. The summed E-state index contributed by atoms with van der Waals surface area (Å²) in [4.78, 5) is 6.25. The maximum Gasteiger partial charge on any atom is 0.188 e. The van der Waals surface area contributed by atoms with E-state index in [0.29, 0.717) is 18.0 Å². The van der Waals surface area contributed by atoms with Gasteiger partial charge in [0.25, 0.3) is 0 Å². The number of nitrogens with zero attached hydrogens (tertiary/aromatic N) is 2. The molecule has 0 aliphatic heterocycles. The van der Waals surface area contributed by atoms with Gasteiger partial charge in [-0.25, -0.2) is 0 Å².